The van der Waals surface area contributed by atoms with Gasteiger partial charge in [-0.2, -0.15) is 0 Å². The lowest BCUT2D eigenvalue weighted by molar-refractivity contribution is 0.111. The Bertz CT molecular complexity index is 1100. The zero-order valence-electron chi connectivity index (χ0n) is 11.8. The second-order valence-electron chi connectivity index (χ2n) is 5.43. The van der Waals surface area contributed by atoms with Gasteiger partial charge < -0.3 is 0 Å². The van der Waals surface area contributed by atoms with Crippen molar-refractivity contribution >= 4 is 67.1 Å². The third kappa shape index (κ3) is 1.79. The van der Waals surface area contributed by atoms with Crippen LogP contribution in [0.5, 0.6) is 0 Å². The quantitative estimate of drug-likeness (QED) is 0.388. The van der Waals surface area contributed by atoms with Gasteiger partial charge in [-0.15, -0.1) is 0 Å². The first-order chi connectivity index (χ1) is 11.2. The highest BCUT2D eigenvalue weighted by Gasteiger charge is 2.17. The highest BCUT2D eigenvalue weighted by atomic mass is 79.9. The summed E-state index contributed by atoms with van der Waals surface area (Å²) in [5.41, 5.74) is 1.52. The summed E-state index contributed by atoms with van der Waals surface area (Å²) in [4.78, 5) is 34.3. The second kappa shape index (κ2) is 4.96. The minimum atomic E-state index is 0.474. The van der Waals surface area contributed by atoms with Crippen LogP contribution in [0.3, 0.4) is 0 Å². The van der Waals surface area contributed by atoms with Gasteiger partial charge in [0.25, 0.3) is 0 Å². The van der Waals surface area contributed by atoms with Crippen molar-refractivity contribution < 1.29 is 14.4 Å². The Labute approximate surface area is 139 Å². The van der Waals surface area contributed by atoms with Gasteiger partial charge in [0.15, 0.2) is 18.9 Å². The summed E-state index contributed by atoms with van der Waals surface area (Å²) in [5.74, 6) is 0. The van der Waals surface area contributed by atoms with E-state index in [0.717, 1.165) is 55.6 Å². The lowest BCUT2D eigenvalue weighted by atomic mass is 9.88. The first kappa shape index (κ1) is 14.0. The number of halogens is 1. The Morgan fingerprint density at radius 3 is 1.48 bits per heavy atom. The van der Waals surface area contributed by atoms with E-state index >= 15 is 0 Å². The van der Waals surface area contributed by atoms with Crippen molar-refractivity contribution in [2.24, 2.45) is 0 Å². The third-order valence-corrected chi connectivity index (χ3v) is 4.98. The molecule has 0 N–H and O–H groups in total. The summed E-state index contributed by atoms with van der Waals surface area (Å²) >= 11 is 3.51. The number of hydrogen-bond donors (Lipinski definition) is 0. The van der Waals surface area contributed by atoms with Crippen LogP contribution in [0, 0.1) is 0 Å². The van der Waals surface area contributed by atoms with E-state index in [0.29, 0.717) is 16.7 Å². The molecule has 4 rings (SSSR count). The summed E-state index contributed by atoms with van der Waals surface area (Å²) in [7, 11) is 0. The van der Waals surface area contributed by atoms with E-state index in [1.807, 2.05) is 24.3 Å². The molecule has 0 aliphatic rings. The molecular formula is C19H9BrO3. The SMILES string of the molecule is O=Cc1cc(Br)c2ccc3c(C=O)cc(C=O)c4ccc1c2c34. The Morgan fingerprint density at radius 1 is 0.609 bits per heavy atom. The standard InChI is InChI=1S/C19H9BrO3/c20-17-6-12(9-23)15-2-1-13-10(7-21)5-11(8-22)14-3-4-16(17)19(15)18(13)14/h1-9H. The van der Waals surface area contributed by atoms with Crippen LogP contribution in [-0.4, -0.2) is 18.9 Å². The van der Waals surface area contributed by atoms with Crippen molar-refractivity contribution in [3.05, 3.63) is 57.6 Å². The molecule has 0 amide bonds. The molecule has 4 aromatic carbocycles. The van der Waals surface area contributed by atoms with Crippen LogP contribution in [0.1, 0.15) is 31.1 Å². The molecule has 4 heteroatoms. The van der Waals surface area contributed by atoms with Gasteiger partial charge in [0.2, 0.25) is 0 Å². The lowest BCUT2D eigenvalue weighted by Crippen LogP contribution is -1.95. The van der Waals surface area contributed by atoms with E-state index in [1.54, 1.807) is 12.1 Å². The van der Waals surface area contributed by atoms with Crippen molar-refractivity contribution in [1.82, 2.24) is 0 Å². The minimum absolute atomic E-state index is 0.474. The fraction of sp³-hybridized carbons (Fsp3) is 0. The normalized spacial score (nSPS) is 11.3. The average Bonchev–Trinajstić information content (AvgIpc) is 2.60. The molecule has 3 nitrogen and oxygen atoms in total. The minimum Gasteiger partial charge on any atom is -0.298 e. The number of benzene rings is 4. The van der Waals surface area contributed by atoms with Crippen LogP contribution in [0.15, 0.2) is 40.9 Å². The van der Waals surface area contributed by atoms with Crippen LogP contribution in [0.25, 0.3) is 32.3 Å². The molecule has 110 valence electrons. The second-order valence-corrected chi connectivity index (χ2v) is 6.28. The van der Waals surface area contributed by atoms with E-state index in [-0.39, 0.29) is 0 Å². The van der Waals surface area contributed by atoms with Crippen molar-refractivity contribution in [1.29, 1.82) is 0 Å². The monoisotopic (exact) mass is 364 g/mol. The van der Waals surface area contributed by atoms with Gasteiger partial charge in [0, 0.05) is 21.2 Å². The fourth-order valence-corrected chi connectivity index (χ4v) is 3.90. The smallest absolute Gasteiger partial charge is 0.150 e. The zero-order valence-corrected chi connectivity index (χ0v) is 13.4. The maximum Gasteiger partial charge on any atom is 0.150 e. The van der Waals surface area contributed by atoms with Crippen LogP contribution < -0.4 is 0 Å². The molecule has 4 aromatic rings. The largest absolute Gasteiger partial charge is 0.298 e. The lowest BCUT2D eigenvalue weighted by Gasteiger charge is -2.15. The molecule has 0 aliphatic carbocycles. The predicted molar refractivity (Wildman–Crippen MR) is 94.0 cm³/mol. The molecule has 0 aliphatic heterocycles. The Morgan fingerprint density at radius 2 is 1.00 bits per heavy atom. The molecule has 0 atom stereocenters. The van der Waals surface area contributed by atoms with Crippen LogP contribution in [0.4, 0.5) is 0 Å². The molecule has 0 spiro atoms. The first-order valence-electron chi connectivity index (χ1n) is 6.99. The Kier molecular flexibility index (Phi) is 3.03. The predicted octanol–water partition coefficient (Wildman–Crippen LogP) is 4.78. The number of hydrogen-bond acceptors (Lipinski definition) is 3. The van der Waals surface area contributed by atoms with Crippen LogP contribution in [0.2, 0.25) is 0 Å². The Balaban J connectivity index is 2.43. The topological polar surface area (TPSA) is 51.2 Å². The van der Waals surface area contributed by atoms with Crippen molar-refractivity contribution in [3.8, 4) is 0 Å². The highest BCUT2D eigenvalue weighted by Crippen LogP contribution is 2.40. The van der Waals surface area contributed by atoms with Gasteiger partial charge in [0.1, 0.15) is 0 Å². The van der Waals surface area contributed by atoms with Crippen LogP contribution >= 0.6 is 15.9 Å². The number of rotatable bonds is 3. The third-order valence-electron chi connectivity index (χ3n) is 4.33. The van der Waals surface area contributed by atoms with Gasteiger partial charge in [-0.1, -0.05) is 40.2 Å². The zero-order chi connectivity index (χ0) is 16.1. The van der Waals surface area contributed by atoms with E-state index < -0.39 is 0 Å². The molecule has 0 aromatic heterocycles. The van der Waals surface area contributed by atoms with Gasteiger partial charge in [-0.25, -0.2) is 0 Å². The highest BCUT2D eigenvalue weighted by molar-refractivity contribution is 9.10. The maximum absolute atomic E-state index is 11.4. The molecule has 0 heterocycles. The van der Waals surface area contributed by atoms with Gasteiger partial charge >= 0.3 is 0 Å². The molecular weight excluding hydrogens is 356 g/mol. The van der Waals surface area contributed by atoms with Crippen molar-refractivity contribution in [3.63, 3.8) is 0 Å². The summed E-state index contributed by atoms with van der Waals surface area (Å²) in [5, 5.41) is 5.07. The van der Waals surface area contributed by atoms with Crippen LogP contribution in [-0.2, 0) is 0 Å². The molecule has 0 bridgehead atoms. The first-order valence-corrected chi connectivity index (χ1v) is 7.78. The molecule has 0 fully saturated rings. The fourth-order valence-electron chi connectivity index (χ4n) is 3.32. The maximum atomic E-state index is 11.4. The van der Waals surface area contributed by atoms with E-state index in [1.165, 1.54) is 0 Å². The molecule has 23 heavy (non-hydrogen) atoms. The summed E-state index contributed by atoms with van der Waals surface area (Å²) < 4.78 is 0.811. The molecule has 0 unspecified atom stereocenters. The van der Waals surface area contributed by atoms with Gasteiger partial charge in [-0.05, 0) is 44.5 Å². The molecule has 0 radical (unpaired) electrons. The summed E-state index contributed by atoms with van der Waals surface area (Å²) in [6.45, 7) is 0. The van der Waals surface area contributed by atoms with E-state index in [9.17, 15) is 14.4 Å². The Hall–Kier alpha value is -2.59. The molecule has 0 saturated heterocycles. The average molecular weight is 365 g/mol. The van der Waals surface area contributed by atoms with E-state index in [2.05, 4.69) is 15.9 Å². The number of carbonyl (C=O) groups is 3. The van der Waals surface area contributed by atoms with Crippen molar-refractivity contribution in [2.45, 2.75) is 0 Å². The van der Waals surface area contributed by atoms with E-state index in [4.69, 9.17) is 0 Å². The number of aldehydes is 3. The van der Waals surface area contributed by atoms with Gasteiger partial charge in [0.05, 0.1) is 0 Å². The number of carbonyl (C=O) groups excluding carboxylic acids is 3. The van der Waals surface area contributed by atoms with Crippen molar-refractivity contribution in [2.75, 3.05) is 0 Å². The molecule has 0 saturated carbocycles. The van der Waals surface area contributed by atoms with Gasteiger partial charge in [-0.3, -0.25) is 14.4 Å². The summed E-state index contributed by atoms with van der Waals surface area (Å²) in [6, 6.07) is 10.9. The summed E-state index contributed by atoms with van der Waals surface area (Å²) in [6.07, 6.45) is 2.33.